The van der Waals surface area contributed by atoms with Crippen molar-refractivity contribution in [3.8, 4) is 5.75 Å². The Hall–Kier alpha value is -1.88. The van der Waals surface area contributed by atoms with Crippen molar-refractivity contribution in [2.45, 2.75) is 45.1 Å². The van der Waals surface area contributed by atoms with Gasteiger partial charge in [0.15, 0.2) is 5.78 Å². The second kappa shape index (κ2) is 8.67. The first-order valence-electron chi connectivity index (χ1n) is 8.38. The predicted molar refractivity (Wildman–Crippen MR) is 89.5 cm³/mol. The van der Waals surface area contributed by atoms with Crippen molar-refractivity contribution in [3.63, 3.8) is 0 Å². The van der Waals surface area contributed by atoms with Crippen LogP contribution < -0.4 is 15.8 Å². The molecule has 0 saturated heterocycles. The number of ketones is 1. The molecule has 1 aliphatic rings. The molecule has 0 radical (unpaired) electrons. The number of nitrogens with two attached hydrogens (primary N) is 1. The van der Waals surface area contributed by atoms with Gasteiger partial charge in [-0.25, -0.2) is 0 Å². The van der Waals surface area contributed by atoms with Crippen molar-refractivity contribution in [1.29, 1.82) is 0 Å². The molecular formula is C18H26N2O3. The highest BCUT2D eigenvalue weighted by Crippen LogP contribution is 2.31. The summed E-state index contributed by atoms with van der Waals surface area (Å²) in [5, 5.41) is 2.81. The Kier molecular flexibility index (Phi) is 6.59. The largest absolute Gasteiger partial charge is 0.494 e. The van der Waals surface area contributed by atoms with Crippen LogP contribution in [0.5, 0.6) is 5.75 Å². The van der Waals surface area contributed by atoms with Crippen LogP contribution in [0.4, 0.5) is 0 Å². The second-order valence-electron chi connectivity index (χ2n) is 6.10. The fourth-order valence-electron chi connectivity index (χ4n) is 2.34. The van der Waals surface area contributed by atoms with Gasteiger partial charge in [0.05, 0.1) is 6.61 Å². The van der Waals surface area contributed by atoms with Crippen molar-refractivity contribution in [1.82, 2.24) is 5.32 Å². The fraction of sp³-hybridized carbons (Fsp3) is 0.556. The van der Waals surface area contributed by atoms with E-state index in [-0.39, 0.29) is 30.6 Å². The number of carbonyl (C=O) groups is 2. The van der Waals surface area contributed by atoms with Gasteiger partial charge < -0.3 is 15.8 Å². The lowest BCUT2D eigenvalue weighted by molar-refractivity contribution is -0.121. The van der Waals surface area contributed by atoms with Crippen LogP contribution in [0.3, 0.4) is 0 Å². The van der Waals surface area contributed by atoms with Crippen LogP contribution in [0.15, 0.2) is 24.3 Å². The van der Waals surface area contributed by atoms with Crippen LogP contribution in [0.2, 0.25) is 0 Å². The lowest BCUT2D eigenvalue weighted by Crippen LogP contribution is -2.38. The molecule has 1 amide bonds. The van der Waals surface area contributed by atoms with Crippen molar-refractivity contribution in [2.24, 2.45) is 11.7 Å². The van der Waals surface area contributed by atoms with E-state index in [4.69, 9.17) is 10.5 Å². The molecule has 0 heterocycles. The van der Waals surface area contributed by atoms with Gasteiger partial charge in [-0.3, -0.25) is 9.59 Å². The van der Waals surface area contributed by atoms with Crippen molar-refractivity contribution >= 4 is 11.7 Å². The van der Waals surface area contributed by atoms with Gasteiger partial charge in [-0.05, 0) is 49.4 Å². The average Bonchev–Trinajstić information content (AvgIpc) is 3.41. The third-order valence-corrected chi connectivity index (χ3v) is 3.99. The number of ether oxygens (including phenoxy) is 1. The van der Waals surface area contributed by atoms with E-state index in [1.807, 2.05) is 6.92 Å². The third-order valence-electron chi connectivity index (χ3n) is 3.99. The number of hydrogen-bond donors (Lipinski definition) is 2. The molecule has 0 bridgehead atoms. The number of carbonyl (C=O) groups excluding carboxylic acids is 2. The highest BCUT2D eigenvalue weighted by molar-refractivity contribution is 5.98. The number of benzene rings is 1. The van der Waals surface area contributed by atoms with Crippen LogP contribution in [-0.2, 0) is 4.79 Å². The van der Waals surface area contributed by atoms with E-state index in [0.717, 1.165) is 25.0 Å². The zero-order chi connectivity index (χ0) is 16.7. The molecule has 1 aliphatic carbocycles. The van der Waals surface area contributed by atoms with Crippen molar-refractivity contribution < 1.29 is 14.3 Å². The summed E-state index contributed by atoms with van der Waals surface area (Å²) in [5.74, 6) is 1.17. The molecule has 1 unspecified atom stereocenters. The van der Waals surface area contributed by atoms with Gasteiger partial charge in [0.2, 0.25) is 5.91 Å². The van der Waals surface area contributed by atoms with E-state index in [1.54, 1.807) is 24.3 Å². The standard InChI is InChI=1S/C18H26N2O3/c1-2-11-23-15-7-5-14(6-8-15)17(21)9-10-18(22)20-12-16(19)13-3-4-13/h5-8,13,16H,2-4,9-12,19H2,1H3,(H,20,22). The molecule has 2 rings (SSSR count). The van der Waals surface area contributed by atoms with E-state index >= 15 is 0 Å². The molecule has 5 heteroatoms. The molecular weight excluding hydrogens is 292 g/mol. The normalized spacial score (nSPS) is 15.0. The maximum Gasteiger partial charge on any atom is 0.220 e. The molecule has 0 aliphatic heterocycles. The van der Waals surface area contributed by atoms with Gasteiger partial charge in [-0.2, -0.15) is 0 Å². The SMILES string of the molecule is CCCOc1ccc(C(=O)CCC(=O)NCC(N)C2CC2)cc1. The summed E-state index contributed by atoms with van der Waals surface area (Å²) in [6.07, 6.45) is 3.67. The molecule has 0 spiro atoms. The van der Waals surface area contributed by atoms with Crippen molar-refractivity contribution in [2.75, 3.05) is 13.2 Å². The Morgan fingerprint density at radius 2 is 1.96 bits per heavy atom. The van der Waals surface area contributed by atoms with Crippen LogP contribution in [0.25, 0.3) is 0 Å². The first-order chi connectivity index (χ1) is 11.1. The van der Waals surface area contributed by atoms with Gasteiger partial charge in [-0.15, -0.1) is 0 Å². The Bertz CT molecular complexity index is 524. The fourth-order valence-corrected chi connectivity index (χ4v) is 2.34. The molecule has 1 saturated carbocycles. The van der Waals surface area contributed by atoms with E-state index in [0.29, 0.717) is 24.6 Å². The van der Waals surface area contributed by atoms with Crippen LogP contribution >= 0.6 is 0 Å². The number of nitrogens with one attached hydrogen (secondary N) is 1. The molecule has 1 atom stereocenters. The lowest BCUT2D eigenvalue weighted by atomic mass is 10.1. The van der Waals surface area contributed by atoms with E-state index < -0.39 is 0 Å². The molecule has 3 N–H and O–H groups in total. The Balaban J connectivity index is 1.69. The summed E-state index contributed by atoms with van der Waals surface area (Å²) < 4.78 is 5.48. The highest BCUT2D eigenvalue weighted by atomic mass is 16.5. The number of amides is 1. The molecule has 1 fully saturated rings. The molecule has 0 aromatic heterocycles. The average molecular weight is 318 g/mol. The minimum absolute atomic E-state index is 0.0336. The van der Waals surface area contributed by atoms with Gasteiger partial charge in [0.25, 0.3) is 0 Å². The summed E-state index contributed by atoms with van der Waals surface area (Å²) in [6, 6.07) is 7.11. The van der Waals surface area contributed by atoms with Gasteiger partial charge in [-0.1, -0.05) is 6.92 Å². The van der Waals surface area contributed by atoms with Gasteiger partial charge in [0, 0.05) is 31.0 Å². The Labute approximate surface area is 137 Å². The molecule has 126 valence electrons. The summed E-state index contributed by atoms with van der Waals surface area (Å²) in [5.41, 5.74) is 6.54. The van der Waals surface area contributed by atoms with E-state index in [2.05, 4.69) is 5.32 Å². The van der Waals surface area contributed by atoms with Crippen LogP contribution in [0, 0.1) is 5.92 Å². The van der Waals surface area contributed by atoms with Crippen LogP contribution in [-0.4, -0.2) is 30.9 Å². The first kappa shape index (κ1) is 17.5. The highest BCUT2D eigenvalue weighted by Gasteiger charge is 2.28. The smallest absolute Gasteiger partial charge is 0.220 e. The Morgan fingerprint density at radius 1 is 1.26 bits per heavy atom. The molecule has 23 heavy (non-hydrogen) atoms. The minimum Gasteiger partial charge on any atom is -0.494 e. The zero-order valence-electron chi connectivity index (χ0n) is 13.7. The number of Topliss-reactive ketones (excluding diaryl/α,β-unsaturated/α-hetero) is 1. The predicted octanol–water partition coefficient (Wildman–Crippen LogP) is 2.29. The third kappa shape index (κ3) is 6.02. The summed E-state index contributed by atoms with van der Waals surface area (Å²) in [7, 11) is 0. The first-order valence-corrected chi connectivity index (χ1v) is 8.38. The van der Waals surface area contributed by atoms with Gasteiger partial charge >= 0.3 is 0 Å². The topological polar surface area (TPSA) is 81.4 Å². The summed E-state index contributed by atoms with van der Waals surface area (Å²) in [6.45, 7) is 3.21. The van der Waals surface area contributed by atoms with E-state index in [9.17, 15) is 9.59 Å². The van der Waals surface area contributed by atoms with Crippen LogP contribution in [0.1, 0.15) is 49.4 Å². The summed E-state index contributed by atoms with van der Waals surface area (Å²) >= 11 is 0. The zero-order valence-corrected chi connectivity index (χ0v) is 13.7. The number of rotatable bonds is 10. The maximum atomic E-state index is 12.1. The Morgan fingerprint density at radius 3 is 2.57 bits per heavy atom. The van der Waals surface area contributed by atoms with Gasteiger partial charge in [0.1, 0.15) is 5.75 Å². The molecule has 1 aromatic rings. The van der Waals surface area contributed by atoms with E-state index in [1.165, 1.54) is 0 Å². The van der Waals surface area contributed by atoms with Crippen molar-refractivity contribution in [3.05, 3.63) is 29.8 Å². The monoisotopic (exact) mass is 318 g/mol. The summed E-state index contributed by atoms with van der Waals surface area (Å²) in [4.78, 5) is 23.8. The number of hydrogen-bond acceptors (Lipinski definition) is 4. The molecule has 1 aromatic carbocycles. The lowest BCUT2D eigenvalue weighted by Gasteiger charge is -2.11. The minimum atomic E-state index is -0.114. The second-order valence-corrected chi connectivity index (χ2v) is 6.10. The molecule has 5 nitrogen and oxygen atoms in total. The quantitative estimate of drug-likeness (QED) is 0.649. The maximum absolute atomic E-state index is 12.1.